The molecule has 1 unspecified atom stereocenters. The van der Waals surface area contributed by atoms with Gasteiger partial charge in [0.25, 0.3) is 0 Å². The molecule has 0 aliphatic heterocycles. The molecule has 1 atom stereocenters. The first-order chi connectivity index (χ1) is 8.74. The van der Waals surface area contributed by atoms with Gasteiger partial charge in [0.15, 0.2) is 11.5 Å². The Kier molecular flexibility index (Phi) is 2.41. The van der Waals surface area contributed by atoms with E-state index >= 15 is 0 Å². The molecule has 0 amide bonds. The van der Waals surface area contributed by atoms with Crippen molar-refractivity contribution in [2.45, 2.75) is 12.5 Å². The normalized spacial score (nSPS) is 12.9. The number of nitrogens with two attached hydrogens (primary N) is 2. The van der Waals surface area contributed by atoms with Gasteiger partial charge in [0.2, 0.25) is 0 Å². The fourth-order valence-electron chi connectivity index (χ4n) is 1.77. The number of rotatable bonds is 3. The van der Waals surface area contributed by atoms with Crippen molar-refractivity contribution in [2.24, 2.45) is 5.73 Å². The van der Waals surface area contributed by atoms with Gasteiger partial charge in [-0.25, -0.2) is 19.9 Å². The maximum Gasteiger partial charge on any atom is 0.183 e. The standard InChI is InChI=1S/C10H12N8/c11-6(1-5-2-13-3-14-5)9-17-7-8(12)15-4-16-10(7)18-9/h2-4,6H,1,11H2,(H,13,14)(H3,12,15,16,17,18). The number of imidazole rings is 2. The number of hydrogen-bond acceptors (Lipinski definition) is 6. The zero-order valence-electron chi connectivity index (χ0n) is 9.46. The number of aromatic amines is 2. The lowest BCUT2D eigenvalue weighted by molar-refractivity contribution is 0.670. The van der Waals surface area contributed by atoms with E-state index in [0.29, 0.717) is 29.2 Å². The predicted octanol–water partition coefficient (Wildman–Crippen LogP) is -0.0993. The third-order valence-electron chi connectivity index (χ3n) is 2.68. The molecule has 3 rings (SSSR count). The summed E-state index contributed by atoms with van der Waals surface area (Å²) >= 11 is 0. The van der Waals surface area contributed by atoms with E-state index < -0.39 is 0 Å². The molecule has 0 saturated carbocycles. The maximum absolute atomic E-state index is 6.07. The molecule has 3 aromatic heterocycles. The summed E-state index contributed by atoms with van der Waals surface area (Å²) in [7, 11) is 0. The number of fused-ring (bicyclic) bond motifs is 1. The van der Waals surface area contributed by atoms with Crippen molar-refractivity contribution in [3.8, 4) is 0 Å². The SMILES string of the molecule is Nc1ncnc2nc(C(N)Cc3cnc[nH]3)[nH]c12. The second kappa shape index (κ2) is 4.08. The van der Waals surface area contributed by atoms with Gasteiger partial charge in [0.1, 0.15) is 17.7 Å². The van der Waals surface area contributed by atoms with Gasteiger partial charge in [-0.3, -0.25) is 0 Å². The smallest absolute Gasteiger partial charge is 0.183 e. The van der Waals surface area contributed by atoms with Gasteiger partial charge in [-0.05, 0) is 0 Å². The largest absolute Gasteiger partial charge is 0.382 e. The van der Waals surface area contributed by atoms with Crippen LogP contribution in [0.3, 0.4) is 0 Å². The molecule has 92 valence electrons. The molecule has 0 aromatic carbocycles. The average Bonchev–Trinajstić information content (AvgIpc) is 2.97. The first-order valence-corrected chi connectivity index (χ1v) is 5.43. The van der Waals surface area contributed by atoms with E-state index in [4.69, 9.17) is 11.5 Å². The summed E-state index contributed by atoms with van der Waals surface area (Å²) in [6.45, 7) is 0. The van der Waals surface area contributed by atoms with Gasteiger partial charge in [0.05, 0.1) is 12.4 Å². The first kappa shape index (κ1) is 10.7. The minimum Gasteiger partial charge on any atom is -0.382 e. The fraction of sp³-hybridized carbons (Fsp3) is 0.200. The fourth-order valence-corrected chi connectivity index (χ4v) is 1.77. The molecule has 6 N–H and O–H groups in total. The number of nitrogens with one attached hydrogen (secondary N) is 2. The third kappa shape index (κ3) is 1.78. The Balaban J connectivity index is 1.92. The van der Waals surface area contributed by atoms with Gasteiger partial charge >= 0.3 is 0 Å². The Morgan fingerprint density at radius 2 is 2.22 bits per heavy atom. The molecule has 0 fully saturated rings. The van der Waals surface area contributed by atoms with E-state index in [9.17, 15) is 0 Å². The van der Waals surface area contributed by atoms with Crippen LogP contribution >= 0.6 is 0 Å². The van der Waals surface area contributed by atoms with Crippen molar-refractivity contribution >= 4 is 17.0 Å². The monoisotopic (exact) mass is 244 g/mol. The molecular formula is C10H12N8. The Bertz CT molecular complexity index is 656. The van der Waals surface area contributed by atoms with E-state index in [1.54, 1.807) is 12.5 Å². The molecule has 3 aromatic rings. The van der Waals surface area contributed by atoms with E-state index in [1.165, 1.54) is 6.33 Å². The van der Waals surface area contributed by atoms with Crippen LogP contribution in [0.2, 0.25) is 0 Å². The number of anilines is 1. The molecule has 0 aliphatic carbocycles. The zero-order chi connectivity index (χ0) is 12.5. The highest BCUT2D eigenvalue weighted by atomic mass is 15.1. The Morgan fingerprint density at radius 3 is 2.94 bits per heavy atom. The molecule has 0 spiro atoms. The summed E-state index contributed by atoms with van der Waals surface area (Å²) in [5.41, 5.74) is 13.9. The van der Waals surface area contributed by atoms with E-state index in [1.807, 2.05) is 0 Å². The summed E-state index contributed by atoms with van der Waals surface area (Å²) in [6.07, 6.45) is 5.33. The van der Waals surface area contributed by atoms with E-state index in [-0.39, 0.29) is 6.04 Å². The lowest BCUT2D eigenvalue weighted by Gasteiger charge is -2.05. The summed E-state index contributed by atoms with van der Waals surface area (Å²) < 4.78 is 0. The van der Waals surface area contributed by atoms with Crippen molar-refractivity contribution in [1.82, 2.24) is 29.9 Å². The molecule has 0 aliphatic rings. The maximum atomic E-state index is 6.07. The Morgan fingerprint density at radius 1 is 1.33 bits per heavy atom. The quantitative estimate of drug-likeness (QED) is 0.508. The highest BCUT2D eigenvalue weighted by Crippen LogP contribution is 2.18. The summed E-state index contributed by atoms with van der Waals surface area (Å²) in [5.74, 6) is 0.999. The molecule has 0 radical (unpaired) electrons. The van der Waals surface area contributed by atoms with Crippen LogP contribution in [-0.2, 0) is 6.42 Å². The van der Waals surface area contributed by atoms with Crippen LogP contribution in [-0.4, -0.2) is 29.9 Å². The topological polar surface area (TPSA) is 135 Å². The predicted molar refractivity (Wildman–Crippen MR) is 65.3 cm³/mol. The van der Waals surface area contributed by atoms with Crippen LogP contribution in [0.1, 0.15) is 17.6 Å². The van der Waals surface area contributed by atoms with Crippen LogP contribution in [0.25, 0.3) is 11.2 Å². The summed E-state index contributed by atoms with van der Waals surface area (Å²) in [5, 5.41) is 0. The lowest BCUT2D eigenvalue weighted by atomic mass is 10.2. The first-order valence-electron chi connectivity index (χ1n) is 5.43. The van der Waals surface area contributed by atoms with Crippen molar-refractivity contribution in [3.05, 3.63) is 30.4 Å². The van der Waals surface area contributed by atoms with Crippen molar-refractivity contribution in [3.63, 3.8) is 0 Å². The molecular weight excluding hydrogens is 232 g/mol. The third-order valence-corrected chi connectivity index (χ3v) is 2.68. The van der Waals surface area contributed by atoms with Crippen molar-refractivity contribution in [2.75, 3.05) is 5.73 Å². The van der Waals surface area contributed by atoms with Crippen LogP contribution in [0.4, 0.5) is 5.82 Å². The van der Waals surface area contributed by atoms with Crippen LogP contribution in [0.5, 0.6) is 0 Å². The van der Waals surface area contributed by atoms with Crippen LogP contribution < -0.4 is 11.5 Å². The Labute approximate surface area is 102 Å². The molecule has 8 heteroatoms. The second-order valence-corrected chi connectivity index (χ2v) is 3.97. The number of H-pyrrole nitrogens is 2. The Hall–Kier alpha value is -2.48. The van der Waals surface area contributed by atoms with Gasteiger partial charge in [-0.1, -0.05) is 0 Å². The number of aromatic nitrogens is 6. The van der Waals surface area contributed by atoms with Gasteiger partial charge in [0, 0.05) is 18.3 Å². The van der Waals surface area contributed by atoms with Crippen LogP contribution in [0.15, 0.2) is 18.9 Å². The van der Waals surface area contributed by atoms with E-state index in [2.05, 4.69) is 29.9 Å². The molecule has 18 heavy (non-hydrogen) atoms. The highest BCUT2D eigenvalue weighted by molar-refractivity contribution is 5.81. The average molecular weight is 244 g/mol. The lowest BCUT2D eigenvalue weighted by Crippen LogP contribution is -2.15. The van der Waals surface area contributed by atoms with Crippen LogP contribution in [0, 0.1) is 0 Å². The number of nitrogens with zero attached hydrogens (tertiary/aromatic N) is 4. The van der Waals surface area contributed by atoms with Crippen molar-refractivity contribution in [1.29, 1.82) is 0 Å². The zero-order valence-corrected chi connectivity index (χ0v) is 9.46. The molecule has 0 bridgehead atoms. The van der Waals surface area contributed by atoms with Crippen molar-refractivity contribution < 1.29 is 0 Å². The molecule has 3 heterocycles. The minimum absolute atomic E-state index is 0.279. The van der Waals surface area contributed by atoms with Gasteiger partial charge in [-0.2, -0.15) is 0 Å². The number of hydrogen-bond donors (Lipinski definition) is 4. The second-order valence-electron chi connectivity index (χ2n) is 3.97. The van der Waals surface area contributed by atoms with Gasteiger partial charge < -0.3 is 21.4 Å². The van der Waals surface area contributed by atoms with E-state index in [0.717, 1.165) is 5.69 Å². The van der Waals surface area contributed by atoms with Gasteiger partial charge in [-0.15, -0.1) is 0 Å². The highest BCUT2D eigenvalue weighted by Gasteiger charge is 2.14. The minimum atomic E-state index is -0.279. The summed E-state index contributed by atoms with van der Waals surface area (Å²) in [6, 6.07) is -0.279. The summed E-state index contributed by atoms with van der Waals surface area (Å²) in [4.78, 5) is 22.2. The molecule has 0 saturated heterocycles. The molecule has 8 nitrogen and oxygen atoms in total. The number of nitrogen functional groups attached to an aromatic ring is 1.